The second kappa shape index (κ2) is 6.49. The Morgan fingerprint density at radius 1 is 1.07 bits per heavy atom. The van der Waals surface area contributed by atoms with Crippen molar-refractivity contribution in [2.75, 3.05) is 18.0 Å². The maximum atomic E-state index is 13.3. The van der Waals surface area contributed by atoms with Crippen LogP contribution in [0.5, 0.6) is 11.5 Å². The highest BCUT2D eigenvalue weighted by molar-refractivity contribution is 7.10. The van der Waals surface area contributed by atoms with E-state index in [1.807, 2.05) is 64.9 Å². The summed E-state index contributed by atoms with van der Waals surface area (Å²) in [4.78, 5) is 18.2. The van der Waals surface area contributed by atoms with Gasteiger partial charge in [-0.25, -0.2) is 0 Å². The van der Waals surface area contributed by atoms with Crippen molar-refractivity contribution in [1.82, 2.24) is 4.90 Å². The molecule has 0 aliphatic carbocycles. The lowest BCUT2D eigenvalue weighted by Gasteiger charge is -2.34. The number of nitrogens with zero attached hydrogens (tertiary/aromatic N) is 2. The van der Waals surface area contributed by atoms with Crippen LogP contribution in [0.25, 0.3) is 0 Å². The average Bonchev–Trinajstić information content (AvgIpc) is 3.15. The Kier molecular flexibility index (Phi) is 3.97. The Bertz CT molecular complexity index is 970. The third-order valence-electron chi connectivity index (χ3n) is 4.98. The van der Waals surface area contributed by atoms with Gasteiger partial charge in [0.1, 0.15) is 0 Å². The Balaban J connectivity index is 1.46. The number of amides is 1. The fraction of sp³-hybridized carbons (Fsp3) is 0.190. The van der Waals surface area contributed by atoms with E-state index in [4.69, 9.17) is 4.74 Å². The summed E-state index contributed by atoms with van der Waals surface area (Å²) in [6.45, 7) is 1.38. The average molecular weight is 378 g/mol. The second-order valence-corrected chi connectivity index (χ2v) is 7.75. The van der Waals surface area contributed by atoms with Crippen molar-refractivity contribution >= 4 is 28.6 Å². The summed E-state index contributed by atoms with van der Waals surface area (Å²) in [5, 5.41) is 12.4. The zero-order valence-electron chi connectivity index (χ0n) is 14.5. The number of ether oxygens (including phenoxy) is 1. The molecule has 3 heterocycles. The van der Waals surface area contributed by atoms with Crippen LogP contribution >= 0.6 is 11.3 Å². The molecule has 0 saturated heterocycles. The van der Waals surface area contributed by atoms with Gasteiger partial charge in [0.2, 0.25) is 5.91 Å². The largest absolute Gasteiger partial charge is 0.453 e. The van der Waals surface area contributed by atoms with Gasteiger partial charge in [0.15, 0.2) is 11.5 Å². The maximum Gasteiger partial charge on any atom is 0.245 e. The molecule has 2 aliphatic heterocycles. The molecule has 0 radical (unpaired) electrons. The Morgan fingerprint density at radius 3 is 2.44 bits per heavy atom. The minimum Gasteiger partial charge on any atom is -0.453 e. The minimum absolute atomic E-state index is 0.0367. The molecule has 0 fully saturated rings. The molecule has 1 aromatic heterocycles. The molecule has 5 rings (SSSR count). The van der Waals surface area contributed by atoms with Crippen LogP contribution in [0, 0.1) is 0 Å². The molecule has 3 aromatic rings. The number of thiophene rings is 1. The van der Waals surface area contributed by atoms with E-state index >= 15 is 0 Å². The van der Waals surface area contributed by atoms with Crippen molar-refractivity contribution in [3.8, 4) is 11.5 Å². The summed E-state index contributed by atoms with van der Waals surface area (Å²) < 4.78 is 5.96. The summed E-state index contributed by atoms with van der Waals surface area (Å²) in [6, 6.07) is 17.1. The molecule has 0 spiro atoms. The molecule has 1 amide bonds. The lowest BCUT2D eigenvalue weighted by molar-refractivity contribution is -0.119. The molecule has 1 atom stereocenters. The highest BCUT2D eigenvalue weighted by Crippen LogP contribution is 2.46. The number of para-hydroxylation sites is 4. The van der Waals surface area contributed by atoms with Crippen LogP contribution in [0.2, 0.25) is 0 Å². The molecule has 2 aromatic carbocycles. The molecule has 0 bridgehead atoms. The zero-order chi connectivity index (χ0) is 18.4. The molecule has 1 N–H and O–H groups in total. The van der Waals surface area contributed by atoms with E-state index in [0.29, 0.717) is 24.6 Å². The van der Waals surface area contributed by atoms with Crippen LogP contribution in [0.3, 0.4) is 0 Å². The maximum absolute atomic E-state index is 13.3. The predicted molar refractivity (Wildman–Crippen MR) is 105 cm³/mol. The van der Waals surface area contributed by atoms with Crippen molar-refractivity contribution < 1.29 is 14.6 Å². The SMILES string of the molecule is O=C(CN1Cc2sccc2C(O)C1)N1c2ccccc2Oc2ccccc21. The number of anilines is 2. The van der Waals surface area contributed by atoms with Crippen LogP contribution in [-0.2, 0) is 11.3 Å². The summed E-state index contributed by atoms with van der Waals surface area (Å²) >= 11 is 1.63. The first-order valence-corrected chi connectivity index (χ1v) is 9.74. The number of rotatable bonds is 2. The summed E-state index contributed by atoms with van der Waals surface area (Å²) in [5.41, 5.74) is 2.48. The van der Waals surface area contributed by atoms with Crippen molar-refractivity contribution in [2.45, 2.75) is 12.6 Å². The molecule has 2 aliphatic rings. The van der Waals surface area contributed by atoms with Gasteiger partial charge in [-0.3, -0.25) is 14.6 Å². The van der Waals surface area contributed by atoms with Gasteiger partial charge >= 0.3 is 0 Å². The third kappa shape index (κ3) is 2.82. The summed E-state index contributed by atoms with van der Waals surface area (Å²) in [7, 11) is 0. The number of hydrogen-bond acceptors (Lipinski definition) is 5. The van der Waals surface area contributed by atoms with E-state index in [0.717, 1.165) is 21.8 Å². The Morgan fingerprint density at radius 2 is 1.74 bits per heavy atom. The van der Waals surface area contributed by atoms with E-state index in [1.165, 1.54) is 0 Å². The molecule has 136 valence electrons. The molecular weight excluding hydrogens is 360 g/mol. The van der Waals surface area contributed by atoms with E-state index < -0.39 is 6.10 Å². The lowest BCUT2D eigenvalue weighted by atomic mass is 10.1. The summed E-state index contributed by atoms with van der Waals surface area (Å²) in [5.74, 6) is 1.30. The Hall–Kier alpha value is -2.67. The fourth-order valence-electron chi connectivity index (χ4n) is 3.74. The van der Waals surface area contributed by atoms with E-state index in [1.54, 1.807) is 16.2 Å². The highest BCUT2D eigenvalue weighted by atomic mass is 32.1. The van der Waals surface area contributed by atoms with Gasteiger partial charge in [-0.1, -0.05) is 24.3 Å². The van der Waals surface area contributed by atoms with Crippen LogP contribution in [-0.4, -0.2) is 29.0 Å². The first-order valence-electron chi connectivity index (χ1n) is 8.86. The van der Waals surface area contributed by atoms with Crippen LogP contribution in [0.15, 0.2) is 60.0 Å². The van der Waals surface area contributed by atoms with Gasteiger partial charge in [0.25, 0.3) is 0 Å². The van der Waals surface area contributed by atoms with Gasteiger partial charge in [0, 0.05) is 18.0 Å². The van der Waals surface area contributed by atoms with Gasteiger partial charge in [0.05, 0.1) is 24.0 Å². The number of β-amino-alcohol motifs (C(OH)–C–C–N with tert-alkyl or cyclic N) is 1. The number of carbonyl (C=O) groups excluding carboxylic acids is 1. The highest BCUT2D eigenvalue weighted by Gasteiger charge is 2.32. The first kappa shape index (κ1) is 16.5. The number of aliphatic hydroxyl groups is 1. The topological polar surface area (TPSA) is 53.0 Å². The second-order valence-electron chi connectivity index (χ2n) is 6.75. The Labute approximate surface area is 161 Å². The number of fused-ring (bicyclic) bond motifs is 3. The summed E-state index contributed by atoms with van der Waals surface area (Å²) in [6.07, 6.45) is -0.544. The lowest BCUT2D eigenvalue weighted by Crippen LogP contribution is -2.42. The van der Waals surface area contributed by atoms with Gasteiger partial charge in [-0.15, -0.1) is 11.3 Å². The van der Waals surface area contributed by atoms with Gasteiger partial charge in [-0.2, -0.15) is 0 Å². The molecule has 27 heavy (non-hydrogen) atoms. The number of carbonyl (C=O) groups is 1. The molecule has 6 heteroatoms. The predicted octanol–water partition coefficient (Wildman–Crippen LogP) is 4.07. The number of benzene rings is 2. The van der Waals surface area contributed by atoms with Crippen molar-refractivity contribution in [2.24, 2.45) is 0 Å². The van der Waals surface area contributed by atoms with Crippen LogP contribution < -0.4 is 9.64 Å². The van der Waals surface area contributed by atoms with E-state index in [-0.39, 0.29) is 12.5 Å². The minimum atomic E-state index is -0.544. The molecular formula is C21H18N2O3S. The number of aliphatic hydroxyl groups excluding tert-OH is 1. The standard InChI is InChI=1S/C21H18N2O3S/c24-17-11-22(12-20-14(17)9-10-27-20)13-21(25)23-15-5-1-3-7-18(15)26-19-8-4-2-6-16(19)23/h1-10,17,24H,11-13H2. The smallest absolute Gasteiger partial charge is 0.245 e. The monoisotopic (exact) mass is 378 g/mol. The quantitative estimate of drug-likeness (QED) is 0.730. The van der Waals surface area contributed by atoms with Crippen LogP contribution in [0.4, 0.5) is 11.4 Å². The fourth-order valence-corrected chi connectivity index (χ4v) is 4.72. The van der Waals surface area contributed by atoms with Crippen molar-refractivity contribution in [3.05, 3.63) is 70.4 Å². The zero-order valence-corrected chi connectivity index (χ0v) is 15.4. The number of hydrogen-bond donors (Lipinski definition) is 1. The molecule has 0 saturated carbocycles. The molecule has 5 nitrogen and oxygen atoms in total. The van der Waals surface area contributed by atoms with Crippen LogP contribution in [0.1, 0.15) is 16.5 Å². The van der Waals surface area contributed by atoms with Crippen molar-refractivity contribution in [3.63, 3.8) is 0 Å². The van der Waals surface area contributed by atoms with Crippen molar-refractivity contribution in [1.29, 1.82) is 0 Å². The normalized spacial score (nSPS) is 18.3. The van der Waals surface area contributed by atoms with E-state index in [9.17, 15) is 9.90 Å². The van der Waals surface area contributed by atoms with Gasteiger partial charge in [-0.05, 0) is 41.3 Å². The van der Waals surface area contributed by atoms with E-state index in [2.05, 4.69) is 0 Å². The van der Waals surface area contributed by atoms with Gasteiger partial charge < -0.3 is 9.84 Å². The first-order chi connectivity index (χ1) is 13.2. The molecule has 1 unspecified atom stereocenters. The third-order valence-corrected chi connectivity index (χ3v) is 5.90.